The Kier molecular flexibility index (Phi) is 6.28. The van der Waals surface area contributed by atoms with Crippen LogP contribution < -0.4 is 10.1 Å². The van der Waals surface area contributed by atoms with Crippen molar-refractivity contribution in [1.29, 1.82) is 0 Å². The normalized spacial score (nSPS) is 9.67. The third kappa shape index (κ3) is 4.41. The average Bonchev–Trinajstić information content (AvgIpc) is 2.38. The molecule has 0 aliphatic heterocycles. The molecule has 0 aromatic heterocycles. The number of rotatable bonds is 7. The fourth-order valence-corrected chi connectivity index (χ4v) is 1.89. The van der Waals surface area contributed by atoms with Crippen molar-refractivity contribution in [2.75, 3.05) is 20.3 Å². The summed E-state index contributed by atoms with van der Waals surface area (Å²) in [6, 6.07) is 5.20. The Morgan fingerprint density at radius 1 is 1.56 bits per heavy atom. The van der Waals surface area contributed by atoms with Crippen LogP contribution in [-0.4, -0.2) is 26.2 Å². The van der Waals surface area contributed by atoms with Crippen molar-refractivity contribution in [3.8, 4) is 5.75 Å². The summed E-state index contributed by atoms with van der Waals surface area (Å²) in [5, 5.41) is 2.81. The molecular formula is C13H16BrNO3. The average molecular weight is 314 g/mol. The van der Waals surface area contributed by atoms with Gasteiger partial charge in [0.05, 0.1) is 24.5 Å². The Hall–Kier alpha value is -1.49. The lowest BCUT2D eigenvalue weighted by Gasteiger charge is -2.07. The standard InChI is InChI=1S/C13H16BrNO3/c1-3-18-8-4-7-15-13(16)10-5-6-12(17-2)11(14)9-10/h3,5-6,9H,1,4,7-8H2,2H3,(H,15,16). The minimum absolute atomic E-state index is 0.114. The van der Waals surface area contributed by atoms with Crippen LogP contribution in [0, 0.1) is 0 Å². The molecule has 1 aromatic rings. The van der Waals surface area contributed by atoms with Crippen molar-refractivity contribution in [3.05, 3.63) is 41.1 Å². The Labute approximate surface area is 115 Å². The molecule has 0 aliphatic carbocycles. The van der Waals surface area contributed by atoms with Gasteiger partial charge in [-0.15, -0.1) is 0 Å². The van der Waals surface area contributed by atoms with Crippen LogP contribution >= 0.6 is 15.9 Å². The number of carbonyl (C=O) groups is 1. The summed E-state index contributed by atoms with van der Waals surface area (Å²) in [4.78, 5) is 11.8. The van der Waals surface area contributed by atoms with Crippen LogP contribution in [-0.2, 0) is 4.74 Å². The maximum Gasteiger partial charge on any atom is 0.251 e. The molecule has 1 amide bonds. The zero-order valence-corrected chi connectivity index (χ0v) is 11.8. The van der Waals surface area contributed by atoms with Crippen LogP contribution in [0.25, 0.3) is 0 Å². The van der Waals surface area contributed by atoms with Gasteiger partial charge in [-0.25, -0.2) is 0 Å². The molecular weight excluding hydrogens is 298 g/mol. The second-order valence-corrected chi connectivity index (χ2v) is 4.35. The maximum atomic E-state index is 11.8. The number of amides is 1. The first-order chi connectivity index (χ1) is 8.69. The fraction of sp³-hybridized carbons (Fsp3) is 0.308. The largest absolute Gasteiger partial charge is 0.502 e. The molecule has 0 saturated heterocycles. The molecule has 1 N–H and O–H groups in total. The predicted molar refractivity (Wildman–Crippen MR) is 73.8 cm³/mol. The molecule has 5 heteroatoms. The quantitative estimate of drug-likeness (QED) is 0.622. The number of carbonyl (C=O) groups excluding carboxylic acids is 1. The third-order valence-electron chi connectivity index (χ3n) is 2.26. The SMILES string of the molecule is C=COCCCNC(=O)c1ccc(OC)c(Br)c1. The Morgan fingerprint density at radius 2 is 2.33 bits per heavy atom. The molecule has 0 atom stereocenters. The van der Waals surface area contributed by atoms with Gasteiger partial charge >= 0.3 is 0 Å². The highest BCUT2D eigenvalue weighted by molar-refractivity contribution is 9.10. The molecule has 0 unspecified atom stereocenters. The van der Waals surface area contributed by atoms with E-state index in [1.807, 2.05) is 0 Å². The Bertz CT molecular complexity index is 421. The van der Waals surface area contributed by atoms with Crippen molar-refractivity contribution >= 4 is 21.8 Å². The lowest BCUT2D eigenvalue weighted by atomic mass is 10.2. The van der Waals surface area contributed by atoms with Gasteiger partial charge in [-0.3, -0.25) is 4.79 Å². The minimum Gasteiger partial charge on any atom is -0.502 e. The molecule has 1 aromatic carbocycles. The van der Waals surface area contributed by atoms with Gasteiger partial charge in [-0.1, -0.05) is 6.58 Å². The Balaban J connectivity index is 2.46. The van der Waals surface area contributed by atoms with Gasteiger partial charge in [-0.2, -0.15) is 0 Å². The van der Waals surface area contributed by atoms with Crippen molar-refractivity contribution < 1.29 is 14.3 Å². The lowest BCUT2D eigenvalue weighted by molar-refractivity contribution is 0.0950. The highest BCUT2D eigenvalue weighted by Gasteiger charge is 2.07. The third-order valence-corrected chi connectivity index (χ3v) is 2.88. The zero-order valence-electron chi connectivity index (χ0n) is 10.2. The fourth-order valence-electron chi connectivity index (χ4n) is 1.35. The minimum atomic E-state index is -0.114. The molecule has 0 spiro atoms. The number of methoxy groups -OCH3 is 1. The van der Waals surface area contributed by atoms with E-state index in [1.165, 1.54) is 6.26 Å². The number of nitrogens with one attached hydrogen (secondary N) is 1. The zero-order chi connectivity index (χ0) is 13.4. The van der Waals surface area contributed by atoms with Gasteiger partial charge in [0.15, 0.2) is 0 Å². The lowest BCUT2D eigenvalue weighted by Crippen LogP contribution is -2.25. The topological polar surface area (TPSA) is 47.6 Å². The van der Waals surface area contributed by atoms with E-state index < -0.39 is 0 Å². The van der Waals surface area contributed by atoms with E-state index in [9.17, 15) is 4.79 Å². The van der Waals surface area contributed by atoms with E-state index in [-0.39, 0.29) is 5.91 Å². The van der Waals surface area contributed by atoms with Crippen LogP contribution in [0.3, 0.4) is 0 Å². The van der Waals surface area contributed by atoms with Crippen LogP contribution in [0.15, 0.2) is 35.5 Å². The molecule has 0 fully saturated rings. The summed E-state index contributed by atoms with van der Waals surface area (Å²) in [7, 11) is 1.58. The van der Waals surface area contributed by atoms with Crippen molar-refractivity contribution in [2.45, 2.75) is 6.42 Å². The van der Waals surface area contributed by atoms with Gasteiger partial charge in [0, 0.05) is 12.1 Å². The highest BCUT2D eigenvalue weighted by Crippen LogP contribution is 2.25. The van der Waals surface area contributed by atoms with Crippen molar-refractivity contribution in [1.82, 2.24) is 5.32 Å². The van der Waals surface area contributed by atoms with E-state index >= 15 is 0 Å². The second kappa shape index (κ2) is 7.76. The van der Waals surface area contributed by atoms with Gasteiger partial charge in [0.2, 0.25) is 0 Å². The molecule has 0 saturated carbocycles. The van der Waals surface area contributed by atoms with E-state index in [1.54, 1.807) is 25.3 Å². The second-order valence-electron chi connectivity index (χ2n) is 3.50. The molecule has 1 rings (SSSR count). The van der Waals surface area contributed by atoms with Crippen molar-refractivity contribution in [2.24, 2.45) is 0 Å². The molecule has 98 valence electrons. The summed E-state index contributed by atoms with van der Waals surface area (Å²) in [5.74, 6) is 0.586. The van der Waals surface area contributed by atoms with Gasteiger partial charge in [0.1, 0.15) is 5.75 Å². The number of benzene rings is 1. The summed E-state index contributed by atoms with van der Waals surface area (Å²) in [6.07, 6.45) is 2.14. The first-order valence-corrected chi connectivity index (χ1v) is 6.32. The van der Waals surface area contributed by atoms with E-state index in [0.717, 1.165) is 10.9 Å². The van der Waals surface area contributed by atoms with Gasteiger partial charge in [-0.05, 0) is 40.5 Å². The monoisotopic (exact) mass is 313 g/mol. The van der Waals surface area contributed by atoms with Crippen molar-refractivity contribution in [3.63, 3.8) is 0 Å². The molecule has 18 heavy (non-hydrogen) atoms. The van der Waals surface area contributed by atoms with Gasteiger partial charge in [0.25, 0.3) is 5.91 Å². The molecule has 0 bridgehead atoms. The molecule has 4 nitrogen and oxygen atoms in total. The van der Waals surface area contributed by atoms with E-state index in [0.29, 0.717) is 24.5 Å². The summed E-state index contributed by atoms with van der Waals surface area (Å²) in [6.45, 7) is 4.56. The van der Waals surface area contributed by atoms with E-state index in [4.69, 9.17) is 9.47 Å². The number of hydrogen-bond acceptors (Lipinski definition) is 3. The number of halogens is 1. The molecule has 0 aliphatic rings. The first kappa shape index (κ1) is 14.6. The van der Waals surface area contributed by atoms with Crippen LogP contribution in [0.4, 0.5) is 0 Å². The molecule has 0 heterocycles. The first-order valence-electron chi connectivity index (χ1n) is 5.53. The number of ether oxygens (including phenoxy) is 2. The number of hydrogen-bond donors (Lipinski definition) is 1. The van der Waals surface area contributed by atoms with Gasteiger partial charge < -0.3 is 14.8 Å². The summed E-state index contributed by atoms with van der Waals surface area (Å²) >= 11 is 3.34. The highest BCUT2D eigenvalue weighted by atomic mass is 79.9. The predicted octanol–water partition coefficient (Wildman–Crippen LogP) is 2.74. The van der Waals surface area contributed by atoms with E-state index in [2.05, 4.69) is 27.8 Å². The summed E-state index contributed by atoms with van der Waals surface area (Å²) < 4.78 is 10.8. The maximum absolute atomic E-state index is 11.8. The van der Waals surface area contributed by atoms with Crippen LogP contribution in [0.5, 0.6) is 5.75 Å². The Morgan fingerprint density at radius 3 is 2.94 bits per heavy atom. The smallest absolute Gasteiger partial charge is 0.251 e. The summed E-state index contributed by atoms with van der Waals surface area (Å²) in [5.41, 5.74) is 0.590. The molecule has 0 radical (unpaired) electrons. The van der Waals surface area contributed by atoms with Crippen LogP contribution in [0.1, 0.15) is 16.8 Å². The van der Waals surface area contributed by atoms with Crippen LogP contribution in [0.2, 0.25) is 0 Å².